The molecule has 0 aliphatic rings. The average molecular weight is 274 g/mol. The summed E-state index contributed by atoms with van der Waals surface area (Å²) in [5.74, 6) is 0.682. The van der Waals surface area contributed by atoms with E-state index in [1.807, 2.05) is 11.4 Å². The first kappa shape index (κ1) is 14.3. The molecule has 2 N–H and O–H groups in total. The van der Waals surface area contributed by atoms with Crippen molar-refractivity contribution < 1.29 is 9.00 Å². The lowest BCUT2D eigenvalue weighted by Crippen LogP contribution is -2.17. The van der Waals surface area contributed by atoms with E-state index in [4.69, 9.17) is 0 Å². The molecular formula is C11H18N2O2S2. The lowest BCUT2D eigenvalue weighted by atomic mass is 10.3. The third-order valence-electron chi connectivity index (χ3n) is 2.13. The summed E-state index contributed by atoms with van der Waals surface area (Å²) in [5, 5.41) is 8.04. The molecule has 4 nitrogen and oxygen atoms in total. The molecule has 0 saturated heterocycles. The zero-order valence-electron chi connectivity index (χ0n) is 10.1. The molecule has 6 heteroatoms. The van der Waals surface area contributed by atoms with Crippen LogP contribution in [0.2, 0.25) is 0 Å². The van der Waals surface area contributed by atoms with Crippen LogP contribution in [0.1, 0.15) is 18.2 Å². The Morgan fingerprint density at radius 3 is 2.94 bits per heavy atom. The normalized spacial score (nSPS) is 12.4. The number of carbonyl (C=O) groups excluding carboxylic acids is 1. The molecule has 0 spiro atoms. The monoisotopic (exact) mass is 274 g/mol. The van der Waals surface area contributed by atoms with Gasteiger partial charge in [-0.3, -0.25) is 9.00 Å². The minimum atomic E-state index is -0.712. The van der Waals surface area contributed by atoms with E-state index in [9.17, 15) is 9.00 Å². The lowest BCUT2D eigenvalue weighted by molar-refractivity contribution is -0.114. The highest BCUT2D eigenvalue weighted by molar-refractivity contribution is 7.84. The van der Waals surface area contributed by atoms with Gasteiger partial charge >= 0.3 is 0 Å². The topological polar surface area (TPSA) is 58.2 Å². The second kappa shape index (κ2) is 7.58. The van der Waals surface area contributed by atoms with Gasteiger partial charge < -0.3 is 10.6 Å². The van der Waals surface area contributed by atoms with Crippen molar-refractivity contribution in [1.29, 1.82) is 0 Å². The van der Waals surface area contributed by atoms with Crippen LogP contribution >= 0.6 is 11.3 Å². The Balaban J connectivity index is 2.29. The number of carbonyl (C=O) groups is 1. The summed E-state index contributed by atoms with van der Waals surface area (Å²) >= 11 is 1.62. The Labute approximate surface area is 108 Å². The Bertz CT molecular complexity index is 391. The third-order valence-corrected chi connectivity index (χ3v) is 3.91. The van der Waals surface area contributed by atoms with E-state index >= 15 is 0 Å². The highest BCUT2D eigenvalue weighted by Crippen LogP contribution is 2.21. The third kappa shape index (κ3) is 5.95. The van der Waals surface area contributed by atoms with Gasteiger partial charge in [-0.25, -0.2) is 0 Å². The minimum Gasteiger partial charge on any atom is -0.325 e. The number of thiophene rings is 1. The summed E-state index contributed by atoms with van der Waals surface area (Å²) in [6.07, 6.45) is 2.62. The maximum atomic E-state index is 11.0. The highest BCUT2D eigenvalue weighted by Gasteiger charge is 2.04. The fourth-order valence-electron chi connectivity index (χ4n) is 1.38. The van der Waals surface area contributed by atoms with E-state index in [1.54, 1.807) is 17.6 Å². The van der Waals surface area contributed by atoms with Crippen molar-refractivity contribution in [2.24, 2.45) is 0 Å². The molecule has 0 bridgehead atoms. The molecule has 0 fully saturated rings. The Morgan fingerprint density at radius 1 is 1.53 bits per heavy atom. The quantitative estimate of drug-likeness (QED) is 0.742. The Hall–Kier alpha value is -0.720. The number of nitrogens with one attached hydrogen (secondary N) is 2. The van der Waals surface area contributed by atoms with E-state index in [0.717, 1.165) is 35.8 Å². The van der Waals surface area contributed by atoms with Crippen molar-refractivity contribution >= 4 is 33.7 Å². The maximum Gasteiger partial charge on any atom is 0.221 e. The summed E-state index contributed by atoms with van der Waals surface area (Å²) in [7, 11) is -0.712. The van der Waals surface area contributed by atoms with Crippen LogP contribution in [0.25, 0.3) is 0 Å². The zero-order chi connectivity index (χ0) is 12.7. The fraction of sp³-hybridized carbons (Fsp3) is 0.545. The number of rotatable bonds is 7. The molecule has 17 heavy (non-hydrogen) atoms. The molecule has 1 atom stereocenters. The van der Waals surface area contributed by atoms with E-state index < -0.39 is 10.8 Å². The van der Waals surface area contributed by atoms with Crippen molar-refractivity contribution in [1.82, 2.24) is 5.32 Å². The molecule has 1 rings (SSSR count). The van der Waals surface area contributed by atoms with E-state index in [-0.39, 0.29) is 5.91 Å². The molecule has 0 aliphatic heterocycles. The van der Waals surface area contributed by atoms with Crippen molar-refractivity contribution in [3.63, 3.8) is 0 Å². The first-order valence-corrected chi connectivity index (χ1v) is 8.05. The summed E-state index contributed by atoms with van der Waals surface area (Å²) < 4.78 is 10.8. The molecule has 1 heterocycles. The van der Waals surface area contributed by atoms with Crippen LogP contribution in [0, 0.1) is 0 Å². The first-order chi connectivity index (χ1) is 8.09. The van der Waals surface area contributed by atoms with Gasteiger partial charge in [0.15, 0.2) is 0 Å². The number of hydrogen-bond donors (Lipinski definition) is 2. The summed E-state index contributed by atoms with van der Waals surface area (Å²) in [4.78, 5) is 12.1. The van der Waals surface area contributed by atoms with Crippen LogP contribution < -0.4 is 10.6 Å². The highest BCUT2D eigenvalue weighted by atomic mass is 32.2. The smallest absolute Gasteiger partial charge is 0.221 e. The number of amides is 1. The molecule has 96 valence electrons. The van der Waals surface area contributed by atoms with Crippen molar-refractivity contribution in [3.05, 3.63) is 16.3 Å². The molecule has 0 aromatic carbocycles. The van der Waals surface area contributed by atoms with Crippen molar-refractivity contribution in [3.8, 4) is 0 Å². The van der Waals surface area contributed by atoms with Crippen LogP contribution in [-0.4, -0.2) is 28.7 Å². The van der Waals surface area contributed by atoms with Gasteiger partial charge in [-0.15, -0.1) is 11.3 Å². The standard InChI is InChI=1S/C11H18N2O2S2/c1-9(14)13-10-4-6-16-11(10)8-12-5-3-7-17(2)15/h4,6,12H,3,5,7-8H2,1-2H3,(H,13,14). The Kier molecular flexibility index (Phi) is 6.39. The molecule has 0 radical (unpaired) electrons. The molecule has 1 aromatic heterocycles. The van der Waals surface area contributed by atoms with Gasteiger partial charge in [0.25, 0.3) is 0 Å². The first-order valence-electron chi connectivity index (χ1n) is 5.44. The van der Waals surface area contributed by atoms with Crippen LogP contribution in [0.5, 0.6) is 0 Å². The van der Waals surface area contributed by atoms with Gasteiger partial charge in [0, 0.05) is 41.2 Å². The van der Waals surface area contributed by atoms with Crippen LogP contribution in [0.3, 0.4) is 0 Å². The molecule has 0 saturated carbocycles. The van der Waals surface area contributed by atoms with Crippen LogP contribution in [0.15, 0.2) is 11.4 Å². The SMILES string of the molecule is CC(=O)Nc1ccsc1CNCCCS(C)=O. The summed E-state index contributed by atoms with van der Waals surface area (Å²) in [6.45, 7) is 3.09. The molecular weight excluding hydrogens is 256 g/mol. The van der Waals surface area contributed by atoms with E-state index in [1.165, 1.54) is 6.92 Å². The molecule has 1 aromatic rings. The van der Waals surface area contributed by atoms with Gasteiger partial charge in [0.2, 0.25) is 5.91 Å². The van der Waals surface area contributed by atoms with Crippen LogP contribution in [0.4, 0.5) is 5.69 Å². The second-order valence-corrected chi connectivity index (χ2v) is 6.30. The van der Waals surface area contributed by atoms with Gasteiger partial charge in [-0.05, 0) is 24.4 Å². The van der Waals surface area contributed by atoms with E-state index in [0.29, 0.717) is 0 Å². The maximum absolute atomic E-state index is 11.0. The van der Waals surface area contributed by atoms with Crippen LogP contribution in [-0.2, 0) is 22.1 Å². The minimum absolute atomic E-state index is 0.0500. The fourth-order valence-corrected chi connectivity index (χ4v) is 2.73. The summed E-state index contributed by atoms with van der Waals surface area (Å²) in [6, 6.07) is 1.91. The number of anilines is 1. The lowest BCUT2D eigenvalue weighted by Gasteiger charge is -2.05. The second-order valence-electron chi connectivity index (χ2n) is 3.75. The molecule has 0 aliphatic carbocycles. The van der Waals surface area contributed by atoms with Crippen molar-refractivity contribution in [2.75, 3.05) is 23.9 Å². The average Bonchev–Trinajstić information content (AvgIpc) is 2.64. The van der Waals surface area contributed by atoms with Gasteiger partial charge in [0.1, 0.15) is 0 Å². The molecule has 1 amide bonds. The van der Waals surface area contributed by atoms with E-state index in [2.05, 4.69) is 10.6 Å². The predicted octanol–water partition coefficient (Wildman–Crippen LogP) is 1.56. The van der Waals surface area contributed by atoms with Gasteiger partial charge in [-0.1, -0.05) is 0 Å². The molecule has 1 unspecified atom stereocenters. The Morgan fingerprint density at radius 2 is 2.29 bits per heavy atom. The zero-order valence-corrected chi connectivity index (χ0v) is 11.7. The van der Waals surface area contributed by atoms with Gasteiger partial charge in [0.05, 0.1) is 5.69 Å². The largest absolute Gasteiger partial charge is 0.325 e. The number of hydrogen-bond acceptors (Lipinski definition) is 4. The van der Waals surface area contributed by atoms with Crippen molar-refractivity contribution in [2.45, 2.75) is 19.9 Å². The predicted molar refractivity (Wildman–Crippen MR) is 73.9 cm³/mol. The van der Waals surface area contributed by atoms with Gasteiger partial charge in [-0.2, -0.15) is 0 Å². The summed E-state index contributed by atoms with van der Waals surface area (Å²) in [5.41, 5.74) is 0.883.